The summed E-state index contributed by atoms with van der Waals surface area (Å²) in [6.07, 6.45) is 9.49. The van der Waals surface area contributed by atoms with Crippen molar-refractivity contribution in [3.63, 3.8) is 0 Å². The van der Waals surface area contributed by atoms with E-state index in [9.17, 15) is 13.2 Å². The number of morpholine rings is 1. The average Bonchev–Trinajstić information content (AvgIpc) is 3.28. The molecule has 3 aliphatic rings. The van der Waals surface area contributed by atoms with Crippen molar-refractivity contribution in [2.45, 2.75) is 43.4 Å². The molecule has 1 aliphatic carbocycles. The van der Waals surface area contributed by atoms with Gasteiger partial charge in [0.1, 0.15) is 0 Å². The second kappa shape index (κ2) is 9.49. The molecule has 0 spiro atoms. The van der Waals surface area contributed by atoms with Gasteiger partial charge in [0, 0.05) is 32.6 Å². The molecule has 1 aromatic rings. The number of amides is 1. The highest BCUT2D eigenvalue weighted by molar-refractivity contribution is 7.89. The van der Waals surface area contributed by atoms with Gasteiger partial charge in [-0.3, -0.25) is 4.79 Å². The Morgan fingerprint density at radius 3 is 2.57 bits per heavy atom. The monoisotopic (exact) mass is 433 g/mol. The van der Waals surface area contributed by atoms with Gasteiger partial charge >= 0.3 is 0 Å². The molecule has 1 amide bonds. The first kappa shape index (κ1) is 21.3. The molecule has 2 fully saturated rings. The van der Waals surface area contributed by atoms with E-state index in [0.717, 1.165) is 37.8 Å². The Morgan fingerprint density at radius 2 is 1.87 bits per heavy atom. The van der Waals surface area contributed by atoms with Crippen LogP contribution in [-0.2, 0) is 19.6 Å². The zero-order valence-corrected chi connectivity index (χ0v) is 18.2. The predicted molar refractivity (Wildman–Crippen MR) is 117 cm³/mol. The van der Waals surface area contributed by atoms with Gasteiger partial charge in [0.2, 0.25) is 15.9 Å². The summed E-state index contributed by atoms with van der Waals surface area (Å²) in [4.78, 5) is 15.1. The number of nitrogens with one attached hydrogen (secondary N) is 1. The van der Waals surface area contributed by atoms with Gasteiger partial charge in [-0.15, -0.1) is 0 Å². The molecule has 1 atom stereocenters. The summed E-state index contributed by atoms with van der Waals surface area (Å²) >= 11 is 0. The lowest BCUT2D eigenvalue weighted by Gasteiger charge is -2.31. The first-order valence-electron chi connectivity index (χ1n) is 11.0. The maximum Gasteiger partial charge on any atom is 0.243 e. The Bertz CT molecular complexity index is 888. The fraction of sp³-hybridized carbons (Fsp3) is 0.591. The Kier molecular flexibility index (Phi) is 6.75. The van der Waals surface area contributed by atoms with Crippen LogP contribution in [0.4, 0.5) is 11.4 Å². The summed E-state index contributed by atoms with van der Waals surface area (Å²) in [6.45, 7) is 3.79. The number of piperidine rings is 1. The molecular weight excluding hydrogens is 402 g/mol. The van der Waals surface area contributed by atoms with Crippen molar-refractivity contribution in [2.24, 2.45) is 5.92 Å². The van der Waals surface area contributed by atoms with E-state index < -0.39 is 10.0 Å². The Balaban J connectivity index is 1.60. The second-order valence-electron chi connectivity index (χ2n) is 8.26. The minimum Gasteiger partial charge on any atom is -0.378 e. The second-order valence-corrected chi connectivity index (χ2v) is 10.2. The van der Waals surface area contributed by atoms with E-state index in [1.54, 1.807) is 16.4 Å². The molecule has 4 rings (SSSR count). The van der Waals surface area contributed by atoms with Crippen molar-refractivity contribution in [3.8, 4) is 0 Å². The van der Waals surface area contributed by atoms with Crippen molar-refractivity contribution >= 4 is 27.3 Å². The van der Waals surface area contributed by atoms with Crippen LogP contribution in [0.3, 0.4) is 0 Å². The average molecular weight is 434 g/mol. The van der Waals surface area contributed by atoms with Gasteiger partial charge < -0.3 is 15.0 Å². The number of rotatable bonds is 6. The number of benzene rings is 1. The quantitative estimate of drug-likeness (QED) is 0.698. The van der Waals surface area contributed by atoms with Gasteiger partial charge in [0.15, 0.2) is 0 Å². The van der Waals surface area contributed by atoms with Crippen LogP contribution >= 0.6 is 0 Å². The third-order valence-electron chi connectivity index (χ3n) is 6.11. The molecule has 2 heterocycles. The summed E-state index contributed by atoms with van der Waals surface area (Å²) in [5, 5.41) is 3.01. The van der Waals surface area contributed by atoms with Crippen molar-refractivity contribution in [3.05, 3.63) is 30.4 Å². The summed E-state index contributed by atoms with van der Waals surface area (Å²) < 4.78 is 33.3. The Hall–Kier alpha value is -1.90. The van der Waals surface area contributed by atoms with E-state index >= 15 is 0 Å². The van der Waals surface area contributed by atoms with Gasteiger partial charge in [-0.05, 0) is 49.8 Å². The van der Waals surface area contributed by atoms with Crippen LogP contribution in [0.25, 0.3) is 0 Å². The fourth-order valence-electron chi connectivity index (χ4n) is 4.41. The topological polar surface area (TPSA) is 79.0 Å². The number of hydrogen-bond acceptors (Lipinski definition) is 5. The molecule has 164 valence electrons. The molecule has 2 aliphatic heterocycles. The third-order valence-corrected chi connectivity index (χ3v) is 8.00. The molecule has 0 radical (unpaired) electrons. The number of sulfonamides is 1. The van der Waals surface area contributed by atoms with Crippen LogP contribution in [0, 0.1) is 5.92 Å². The summed E-state index contributed by atoms with van der Waals surface area (Å²) in [5.74, 6) is 0.186. The van der Waals surface area contributed by atoms with Crippen LogP contribution in [0.15, 0.2) is 35.2 Å². The number of hydrogen-bond donors (Lipinski definition) is 1. The van der Waals surface area contributed by atoms with Crippen molar-refractivity contribution < 1.29 is 17.9 Å². The van der Waals surface area contributed by atoms with E-state index in [1.165, 1.54) is 0 Å². The van der Waals surface area contributed by atoms with E-state index in [-0.39, 0.29) is 16.7 Å². The number of anilines is 2. The minimum atomic E-state index is -3.56. The highest BCUT2D eigenvalue weighted by atomic mass is 32.2. The van der Waals surface area contributed by atoms with E-state index in [2.05, 4.69) is 22.4 Å². The lowest BCUT2D eigenvalue weighted by molar-refractivity contribution is -0.116. The zero-order chi connectivity index (χ0) is 21.0. The van der Waals surface area contributed by atoms with Gasteiger partial charge in [0.25, 0.3) is 0 Å². The molecule has 8 heteroatoms. The van der Waals surface area contributed by atoms with Crippen LogP contribution < -0.4 is 10.2 Å². The molecule has 0 saturated carbocycles. The number of nitrogens with zero attached hydrogens (tertiary/aromatic N) is 2. The highest BCUT2D eigenvalue weighted by Gasteiger charge is 2.28. The maximum atomic E-state index is 13.2. The van der Waals surface area contributed by atoms with Crippen LogP contribution in [0.5, 0.6) is 0 Å². The first-order valence-corrected chi connectivity index (χ1v) is 12.4. The summed E-state index contributed by atoms with van der Waals surface area (Å²) in [6, 6.07) is 5.13. The van der Waals surface area contributed by atoms with Gasteiger partial charge in [-0.25, -0.2) is 8.42 Å². The predicted octanol–water partition coefficient (Wildman–Crippen LogP) is 2.99. The van der Waals surface area contributed by atoms with E-state index in [4.69, 9.17) is 4.74 Å². The lowest BCUT2D eigenvalue weighted by atomic mass is 10.0. The standard InChI is InChI=1S/C22H31N3O4S/c26-22(16-18-6-2-3-7-18)23-20-17-19(30(27,28)25-10-4-1-5-11-25)8-9-21(20)24-12-14-29-15-13-24/h2,6,8-9,17-18H,1,3-5,7,10-16H2,(H,23,26). The highest BCUT2D eigenvalue weighted by Crippen LogP contribution is 2.32. The van der Waals surface area contributed by atoms with Crippen molar-refractivity contribution in [1.29, 1.82) is 0 Å². The van der Waals surface area contributed by atoms with Crippen LogP contribution in [-0.4, -0.2) is 58.0 Å². The third kappa shape index (κ3) is 4.87. The summed E-state index contributed by atoms with van der Waals surface area (Å²) in [5.41, 5.74) is 1.42. The van der Waals surface area contributed by atoms with E-state index in [1.807, 2.05) is 6.07 Å². The molecule has 1 N–H and O–H groups in total. The van der Waals surface area contributed by atoms with Crippen molar-refractivity contribution in [1.82, 2.24) is 4.31 Å². The lowest BCUT2D eigenvalue weighted by Crippen LogP contribution is -2.37. The molecule has 0 aromatic heterocycles. The number of allylic oxidation sites excluding steroid dienone is 2. The SMILES string of the molecule is O=C(CC1C=CCC1)Nc1cc(S(=O)(=O)N2CCCCC2)ccc1N1CCOCC1. The number of ether oxygens (including phenoxy) is 1. The molecule has 0 bridgehead atoms. The minimum absolute atomic E-state index is 0.0754. The molecule has 1 unspecified atom stereocenters. The maximum absolute atomic E-state index is 13.2. The van der Waals surface area contributed by atoms with Gasteiger partial charge in [-0.2, -0.15) is 4.31 Å². The van der Waals surface area contributed by atoms with Gasteiger partial charge in [0.05, 0.1) is 29.5 Å². The fourth-order valence-corrected chi connectivity index (χ4v) is 5.96. The Morgan fingerprint density at radius 1 is 1.10 bits per heavy atom. The largest absolute Gasteiger partial charge is 0.378 e. The van der Waals surface area contributed by atoms with Crippen molar-refractivity contribution in [2.75, 3.05) is 49.6 Å². The molecule has 30 heavy (non-hydrogen) atoms. The molecule has 2 saturated heterocycles. The number of carbonyl (C=O) groups is 1. The molecular formula is C22H31N3O4S. The van der Waals surface area contributed by atoms with Crippen LogP contribution in [0.2, 0.25) is 0 Å². The number of carbonyl (C=O) groups excluding carboxylic acids is 1. The van der Waals surface area contributed by atoms with Gasteiger partial charge in [-0.1, -0.05) is 18.6 Å². The summed E-state index contributed by atoms with van der Waals surface area (Å²) in [7, 11) is -3.56. The normalized spacial score (nSPS) is 22.9. The smallest absolute Gasteiger partial charge is 0.243 e. The molecule has 1 aromatic carbocycles. The van der Waals surface area contributed by atoms with E-state index in [0.29, 0.717) is 51.5 Å². The zero-order valence-electron chi connectivity index (χ0n) is 17.4. The first-order chi connectivity index (χ1) is 14.5. The molecule has 7 nitrogen and oxygen atoms in total. The Labute approximate surface area is 179 Å². The van der Waals surface area contributed by atoms with Crippen LogP contribution in [0.1, 0.15) is 38.5 Å².